The third-order valence-corrected chi connectivity index (χ3v) is 6.83. The average molecular weight is 531 g/mol. The van der Waals surface area contributed by atoms with E-state index in [0.29, 0.717) is 48.8 Å². The van der Waals surface area contributed by atoms with Crippen molar-refractivity contribution in [1.82, 2.24) is 19.9 Å². The molecule has 3 aromatic rings. The lowest BCUT2D eigenvalue weighted by Crippen LogP contribution is -2.51. The van der Waals surface area contributed by atoms with Crippen LogP contribution in [-0.4, -0.2) is 68.8 Å². The molecule has 1 aromatic heterocycles. The van der Waals surface area contributed by atoms with Gasteiger partial charge in [0.2, 0.25) is 11.7 Å². The topological polar surface area (TPSA) is 136 Å². The molecule has 0 unspecified atom stereocenters. The maximum absolute atomic E-state index is 13.0. The van der Waals surface area contributed by atoms with Crippen molar-refractivity contribution < 1.29 is 19.2 Å². The second-order valence-electron chi connectivity index (χ2n) is 10.6. The summed E-state index contributed by atoms with van der Waals surface area (Å²) < 4.78 is 5.53. The molecule has 0 radical (unpaired) electrons. The zero-order valence-electron chi connectivity index (χ0n) is 22.8. The van der Waals surface area contributed by atoms with Gasteiger partial charge in [0.25, 0.3) is 5.89 Å². The normalized spacial score (nSPS) is 13.3. The number of nitriles is 1. The van der Waals surface area contributed by atoms with Crippen LogP contribution in [0.15, 0.2) is 40.9 Å². The molecule has 0 saturated carbocycles. The standard InChI is InChI=1S/C29H34N6O4/c1-5-12-31-24-9-8-22(16-23(24)17-30)27-32-26(33-39-27)21-7-6-19-10-13-34(14-11-20(19)15-21)25(36)18-35(28(37)38)29(2,3)4/h6-9,15-16,31H,5,10-14,18H2,1-4H3,(H,37,38). The fraction of sp³-hybridized carbons (Fsp3) is 0.414. The van der Waals surface area contributed by atoms with Gasteiger partial charge in [-0.25, -0.2) is 4.79 Å². The van der Waals surface area contributed by atoms with E-state index in [2.05, 4.69) is 28.5 Å². The van der Waals surface area contributed by atoms with E-state index < -0.39 is 11.6 Å². The van der Waals surface area contributed by atoms with E-state index in [1.165, 1.54) is 4.90 Å². The van der Waals surface area contributed by atoms with Crippen LogP contribution < -0.4 is 5.32 Å². The summed E-state index contributed by atoms with van der Waals surface area (Å²) >= 11 is 0. The van der Waals surface area contributed by atoms with Crippen LogP contribution in [0, 0.1) is 11.3 Å². The summed E-state index contributed by atoms with van der Waals surface area (Å²) in [5, 5.41) is 26.5. The van der Waals surface area contributed by atoms with Crippen LogP contribution in [0.4, 0.5) is 10.5 Å². The summed E-state index contributed by atoms with van der Waals surface area (Å²) in [6.45, 7) is 9.03. The molecule has 0 atom stereocenters. The highest BCUT2D eigenvalue weighted by Gasteiger charge is 2.30. The summed E-state index contributed by atoms with van der Waals surface area (Å²) in [5.74, 6) is 0.576. The van der Waals surface area contributed by atoms with Crippen LogP contribution in [0.3, 0.4) is 0 Å². The van der Waals surface area contributed by atoms with E-state index in [0.717, 1.165) is 35.3 Å². The molecule has 2 heterocycles. The molecule has 10 nitrogen and oxygen atoms in total. The first kappa shape index (κ1) is 27.6. The van der Waals surface area contributed by atoms with E-state index in [4.69, 9.17) is 4.52 Å². The van der Waals surface area contributed by atoms with Crippen LogP contribution >= 0.6 is 0 Å². The zero-order valence-corrected chi connectivity index (χ0v) is 22.8. The third-order valence-electron chi connectivity index (χ3n) is 6.83. The summed E-state index contributed by atoms with van der Waals surface area (Å²) in [6.07, 6.45) is 1.16. The largest absolute Gasteiger partial charge is 0.465 e. The Labute approximate surface area is 228 Å². The minimum Gasteiger partial charge on any atom is -0.465 e. The number of fused-ring (bicyclic) bond motifs is 1. The van der Waals surface area contributed by atoms with Crippen molar-refractivity contribution in [3.63, 3.8) is 0 Å². The maximum atomic E-state index is 13.0. The van der Waals surface area contributed by atoms with Gasteiger partial charge in [-0.1, -0.05) is 24.2 Å². The number of amides is 2. The molecule has 204 valence electrons. The summed E-state index contributed by atoms with van der Waals surface area (Å²) in [5.41, 5.74) is 4.32. The Morgan fingerprint density at radius 3 is 2.51 bits per heavy atom. The Kier molecular flexibility index (Phi) is 8.19. The van der Waals surface area contributed by atoms with Gasteiger partial charge in [-0.05, 0) is 75.4 Å². The minimum absolute atomic E-state index is 0.171. The highest BCUT2D eigenvalue weighted by atomic mass is 16.5. The van der Waals surface area contributed by atoms with Crippen molar-refractivity contribution in [2.45, 2.75) is 52.5 Å². The Hall–Kier alpha value is -4.39. The lowest BCUT2D eigenvalue weighted by atomic mass is 10.00. The first-order valence-electron chi connectivity index (χ1n) is 13.1. The number of aromatic nitrogens is 2. The summed E-state index contributed by atoms with van der Waals surface area (Å²) in [7, 11) is 0. The minimum atomic E-state index is -1.11. The lowest BCUT2D eigenvalue weighted by Gasteiger charge is -2.34. The molecule has 4 rings (SSSR count). The number of carbonyl (C=O) groups excluding carboxylic acids is 1. The number of nitrogens with zero attached hydrogens (tertiary/aromatic N) is 5. The van der Waals surface area contributed by atoms with Crippen LogP contribution in [0.5, 0.6) is 0 Å². The quantitative estimate of drug-likeness (QED) is 0.445. The first-order valence-corrected chi connectivity index (χ1v) is 13.1. The van der Waals surface area contributed by atoms with Gasteiger partial charge in [0, 0.05) is 36.3 Å². The molecule has 1 aliphatic heterocycles. The van der Waals surface area contributed by atoms with Crippen molar-refractivity contribution in [1.29, 1.82) is 5.26 Å². The SMILES string of the molecule is CCCNc1ccc(-c2nc(-c3ccc4c(c3)CCN(C(=O)CN(C(=O)O)C(C)(C)C)CC4)no2)cc1C#N. The highest BCUT2D eigenvalue weighted by Crippen LogP contribution is 2.28. The van der Waals surface area contributed by atoms with E-state index in [-0.39, 0.29) is 12.5 Å². The Balaban J connectivity index is 1.48. The fourth-order valence-corrected chi connectivity index (χ4v) is 4.58. The number of carboxylic acid groups (broad SMARTS) is 1. The second-order valence-corrected chi connectivity index (χ2v) is 10.6. The van der Waals surface area contributed by atoms with Crippen molar-refractivity contribution in [3.8, 4) is 28.9 Å². The number of rotatable bonds is 7. The predicted octanol–water partition coefficient (Wildman–Crippen LogP) is 4.80. The number of nitrogens with one attached hydrogen (secondary N) is 1. The number of hydrogen-bond donors (Lipinski definition) is 2. The fourth-order valence-electron chi connectivity index (χ4n) is 4.58. The summed E-state index contributed by atoms with van der Waals surface area (Å²) in [6, 6.07) is 13.6. The van der Waals surface area contributed by atoms with Gasteiger partial charge in [-0.15, -0.1) is 0 Å². The molecule has 39 heavy (non-hydrogen) atoms. The van der Waals surface area contributed by atoms with E-state index in [1.54, 1.807) is 31.7 Å². The Morgan fingerprint density at radius 1 is 1.13 bits per heavy atom. The summed E-state index contributed by atoms with van der Waals surface area (Å²) in [4.78, 5) is 32.1. The molecule has 2 aromatic carbocycles. The number of hydrogen-bond acceptors (Lipinski definition) is 7. The second kappa shape index (κ2) is 11.6. The van der Waals surface area contributed by atoms with Gasteiger partial charge in [-0.2, -0.15) is 10.2 Å². The monoisotopic (exact) mass is 530 g/mol. The number of carbonyl (C=O) groups is 2. The van der Waals surface area contributed by atoms with Gasteiger partial charge >= 0.3 is 6.09 Å². The van der Waals surface area contributed by atoms with E-state index in [9.17, 15) is 20.0 Å². The predicted molar refractivity (Wildman–Crippen MR) is 147 cm³/mol. The van der Waals surface area contributed by atoms with Crippen molar-refractivity contribution in [2.75, 3.05) is 31.5 Å². The van der Waals surface area contributed by atoms with Gasteiger partial charge in [0.1, 0.15) is 12.6 Å². The van der Waals surface area contributed by atoms with Crippen LogP contribution in [0.1, 0.15) is 50.8 Å². The molecular formula is C29H34N6O4. The number of benzene rings is 2. The van der Waals surface area contributed by atoms with E-state index >= 15 is 0 Å². The van der Waals surface area contributed by atoms with Gasteiger partial charge in [0.05, 0.1) is 11.3 Å². The lowest BCUT2D eigenvalue weighted by molar-refractivity contribution is -0.133. The van der Waals surface area contributed by atoms with Crippen LogP contribution in [0.25, 0.3) is 22.8 Å². The first-order chi connectivity index (χ1) is 18.6. The van der Waals surface area contributed by atoms with Gasteiger partial charge < -0.3 is 19.8 Å². The molecule has 10 heteroatoms. The highest BCUT2D eigenvalue weighted by molar-refractivity contribution is 5.82. The molecule has 0 saturated heterocycles. The molecule has 0 aliphatic carbocycles. The Morgan fingerprint density at radius 2 is 1.85 bits per heavy atom. The zero-order chi connectivity index (χ0) is 28.2. The van der Waals surface area contributed by atoms with Crippen LogP contribution in [-0.2, 0) is 17.6 Å². The molecule has 2 N–H and O–H groups in total. The van der Waals surface area contributed by atoms with Gasteiger partial charge in [-0.3, -0.25) is 9.69 Å². The Bertz CT molecular complexity index is 1400. The molecule has 0 spiro atoms. The smallest absolute Gasteiger partial charge is 0.408 e. The molecule has 2 amide bonds. The number of anilines is 1. The van der Waals surface area contributed by atoms with Crippen molar-refractivity contribution in [2.24, 2.45) is 0 Å². The van der Waals surface area contributed by atoms with Gasteiger partial charge in [0.15, 0.2) is 0 Å². The van der Waals surface area contributed by atoms with Crippen molar-refractivity contribution in [3.05, 3.63) is 53.1 Å². The molecular weight excluding hydrogens is 496 g/mol. The van der Waals surface area contributed by atoms with E-state index in [1.807, 2.05) is 30.3 Å². The molecule has 0 fully saturated rings. The molecule has 1 aliphatic rings. The maximum Gasteiger partial charge on any atom is 0.408 e. The van der Waals surface area contributed by atoms with Crippen LogP contribution in [0.2, 0.25) is 0 Å². The third kappa shape index (κ3) is 6.37. The molecule has 0 bridgehead atoms. The van der Waals surface area contributed by atoms with Crippen molar-refractivity contribution >= 4 is 17.7 Å². The average Bonchev–Trinajstić information content (AvgIpc) is 3.30.